The second-order valence-corrected chi connectivity index (χ2v) is 8.56. The molecule has 3 rings (SSSR count). The van der Waals surface area contributed by atoms with E-state index in [-0.39, 0.29) is 0 Å². The van der Waals surface area contributed by atoms with Gasteiger partial charge in [-0.2, -0.15) is 0 Å². The van der Waals surface area contributed by atoms with Gasteiger partial charge in [-0.15, -0.1) is 0 Å². The Kier molecular flexibility index (Phi) is 6.44. The molecule has 0 N–H and O–H groups in total. The Labute approximate surface area is 172 Å². The smallest absolute Gasteiger partial charge is 0.0728 e. The minimum atomic E-state index is 0.750. The maximum atomic E-state index is 2.41. The summed E-state index contributed by atoms with van der Waals surface area (Å²) < 4.78 is 0. The van der Waals surface area contributed by atoms with Gasteiger partial charge in [0.2, 0.25) is 0 Å². The van der Waals surface area contributed by atoms with Gasteiger partial charge in [-0.25, -0.2) is 0 Å². The van der Waals surface area contributed by atoms with E-state index in [2.05, 4.69) is 96.1 Å². The predicted octanol–water partition coefficient (Wildman–Crippen LogP) is 5.56. The van der Waals surface area contributed by atoms with E-state index in [0.29, 0.717) is 0 Å². The van der Waals surface area contributed by atoms with Gasteiger partial charge in [0, 0.05) is 0 Å². The van der Waals surface area contributed by atoms with E-state index in [4.69, 9.17) is 0 Å². The van der Waals surface area contributed by atoms with Crippen LogP contribution in [0.2, 0.25) is 0 Å². The Morgan fingerprint density at radius 1 is 0.714 bits per heavy atom. The molecule has 0 radical (unpaired) electrons. The molecular weight excluding hydrogens is 335 g/mol. The van der Waals surface area contributed by atoms with E-state index in [1.807, 2.05) is 0 Å². The molecule has 0 nitrogen and oxygen atoms in total. The molecule has 1 atom stereocenters. The summed E-state index contributed by atoms with van der Waals surface area (Å²) in [5.41, 5.74) is 12.7. The number of hydrogen-bond acceptors (Lipinski definition) is 0. The maximum absolute atomic E-state index is 2.41. The summed E-state index contributed by atoms with van der Waals surface area (Å²) in [5, 5.41) is 0. The van der Waals surface area contributed by atoms with Crippen LogP contribution in [-0.2, 0) is 6.42 Å². The average molecular weight is 368 g/mol. The molecule has 0 amide bonds. The Hall–Kier alpha value is -2.28. The summed E-state index contributed by atoms with van der Waals surface area (Å²) in [6.45, 7) is 13.7. The van der Waals surface area contributed by atoms with Gasteiger partial charge in [-0.05, 0) is 56.7 Å². The summed E-state index contributed by atoms with van der Waals surface area (Å²) in [6, 6.07) is 20.2. The Bertz CT molecular complexity index is 907. The highest BCUT2D eigenvalue weighted by Gasteiger charge is 2.14. The Morgan fingerprint density at radius 3 is 1.71 bits per heavy atom. The van der Waals surface area contributed by atoms with Crippen molar-refractivity contribution in [2.45, 2.75) is 54.4 Å². The topological polar surface area (TPSA) is 0 Å². The Morgan fingerprint density at radius 2 is 1.21 bits per heavy atom. The number of rotatable bonds is 6. The summed E-state index contributed by atoms with van der Waals surface area (Å²) in [7, 11) is 1.02. The molecule has 28 heavy (non-hydrogen) atoms. The average Bonchev–Trinajstić information content (AvgIpc) is 2.66. The van der Waals surface area contributed by atoms with Gasteiger partial charge >= 0.3 is 0 Å². The van der Waals surface area contributed by atoms with Gasteiger partial charge in [-0.3, -0.25) is 0 Å². The van der Waals surface area contributed by atoms with Crippen molar-refractivity contribution in [3.05, 3.63) is 82.4 Å². The minimum absolute atomic E-state index is 0.750. The molecule has 0 aliphatic rings. The van der Waals surface area contributed by atoms with Gasteiger partial charge in [0.25, 0.3) is 0 Å². The van der Waals surface area contributed by atoms with Crippen molar-refractivity contribution in [1.29, 1.82) is 0 Å². The van der Waals surface area contributed by atoms with E-state index in [0.717, 1.165) is 13.2 Å². The molecule has 3 aromatic rings. The van der Waals surface area contributed by atoms with E-state index in [1.165, 1.54) is 62.7 Å². The van der Waals surface area contributed by atoms with Gasteiger partial charge < -0.3 is 0 Å². The summed E-state index contributed by atoms with van der Waals surface area (Å²) in [4.78, 5) is 0. The van der Waals surface area contributed by atoms with Crippen LogP contribution in [0, 0.1) is 33.6 Å². The van der Waals surface area contributed by atoms with Crippen LogP contribution in [0.5, 0.6) is 0 Å². The van der Waals surface area contributed by atoms with Crippen LogP contribution in [0.15, 0.2) is 54.6 Å². The fraction of sp³-hybridized carbons (Fsp3) is 0.333. The van der Waals surface area contributed by atoms with Crippen molar-refractivity contribution in [3.63, 3.8) is 0 Å². The SMILES string of the molecule is CCC(C)Cc1cc(C)c(Bc2c(C)cc(-c3ccccc3)cc2C)c(C)c1. The molecule has 0 bridgehead atoms. The van der Waals surface area contributed by atoms with Crippen molar-refractivity contribution in [2.24, 2.45) is 5.92 Å². The van der Waals surface area contributed by atoms with Crippen molar-refractivity contribution in [1.82, 2.24) is 0 Å². The van der Waals surface area contributed by atoms with Gasteiger partial charge in [0.15, 0.2) is 7.28 Å². The molecule has 0 aromatic heterocycles. The zero-order chi connectivity index (χ0) is 20.3. The zero-order valence-electron chi connectivity index (χ0n) is 18.4. The molecule has 0 fully saturated rings. The van der Waals surface area contributed by atoms with Crippen LogP contribution in [0.25, 0.3) is 11.1 Å². The van der Waals surface area contributed by atoms with Crippen molar-refractivity contribution in [2.75, 3.05) is 0 Å². The molecule has 0 spiro atoms. The summed E-state index contributed by atoms with van der Waals surface area (Å²) >= 11 is 0. The second kappa shape index (κ2) is 8.82. The minimum Gasteiger partial charge on any atom is -0.0728 e. The highest BCUT2D eigenvalue weighted by molar-refractivity contribution is 6.69. The van der Waals surface area contributed by atoms with Crippen molar-refractivity contribution >= 4 is 18.2 Å². The Balaban J connectivity index is 1.92. The third-order valence-electron chi connectivity index (χ3n) is 6.19. The number of hydrogen-bond donors (Lipinski definition) is 0. The first kappa shape index (κ1) is 20.5. The molecule has 3 aromatic carbocycles. The third-order valence-corrected chi connectivity index (χ3v) is 6.19. The number of benzene rings is 3. The lowest BCUT2D eigenvalue weighted by Gasteiger charge is -2.17. The highest BCUT2D eigenvalue weighted by Crippen LogP contribution is 2.21. The van der Waals surface area contributed by atoms with Crippen LogP contribution in [0.1, 0.15) is 48.1 Å². The van der Waals surface area contributed by atoms with E-state index in [1.54, 1.807) is 0 Å². The highest BCUT2D eigenvalue weighted by atomic mass is 14.1. The van der Waals surface area contributed by atoms with Gasteiger partial charge in [-0.1, -0.05) is 108 Å². The quantitative estimate of drug-likeness (QED) is 0.500. The lowest BCUT2D eigenvalue weighted by Crippen LogP contribution is -2.34. The lowest BCUT2D eigenvalue weighted by molar-refractivity contribution is 0.560. The zero-order valence-corrected chi connectivity index (χ0v) is 18.4. The largest absolute Gasteiger partial charge is 0.193 e. The number of aryl methyl sites for hydroxylation is 4. The molecule has 0 heterocycles. The van der Waals surface area contributed by atoms with Crippen LogP contribution in [-0.4, -0.2) is 7.28 Å². The standard InChI is InChI=1S/C27H33B/c1-7-18(2)13-23-14-19(3)26(20(4)15-23)28-27-21(5)16-25(17-22(27)6)24-11-9-8-10-12-24/h8-12,14-18,28H,7,13H2,1-6H3. The van der Waals surface area contributed by atoms with E-state index < -0.39 is 0 Å². The first-order valence-corrected chi connectivity index (χ1v) is 10.6. The van der Waals surface area contributed by atoms with E-state index in [9.17, 15) is 0 Å². The fourth-order valence-corrected chi connectivity index (χ4v) is 4.27. The summed E-state index contributed by atoms with van der Waals surface area (Å²) in [5.74, 6) is 0.750. The molecule has 0 saturated heterocycles. The molecule has 0 aliphatic heterocycles. The van der Waals surface area contributed by atoms with Crippen molar-refractivity contribution in [3.8, 4) is 11.1 Å². The van der Waals surface area contributed by atoms with Crippen LogP contribution < -0.4 is 10.9 Å². The molecule has 0 aliphatic carbocycles. The molecule has 1 unspecified atom stereocenters. The second-order valence-electron chi connectivity index (χ2n) is 8.56. The first-order chi connectivity index (χ1) is 13.4. The molecule has 1 heteroatoms. The normalized spacial score (nSPS) is 12.1. The third kappa shape index (κ3) is 4.58. The predicted molar refractivity (Wildman–Crippen MR) is 127 cm³/mol. The molecule has 144 valence electrons. The molecular formula is C27H33B. The van der Waals surface area contributed by atoms with Gasteiger partial charge in [0.1, 0.15) is 0 Å². The van der Waals surface area contributed by atoms with Crippen molar-refractivity contribution < 1.29 is 0 Å². The monoisotopic (exact) mass is 368 g/mol. The van der Waals surface area contributed by atoms with Crippen LogP contribution in [0.4, 0.5) is 0 Å². The van der Waals surface area contributed by atoms with Crippen LogP contribution in [0.3, 0.4) is 0 Å². The first-order valence-electron chi connectivity index (χ1n) is 10.6. The fourth-order valence-electron chi connectivity index (χ4n) is 4.27. The lowest BCUT2D eigenvalue weighted by atomic mass is 9.58. The van der Waals surface area contributed by atoms with Crippen LogP contribution >= 0.6 is 0 Å². The maximum Gasteiger partial charge on any atom is 0.193 e. The van der Waals surface area contributed by atoms with Gasteiger partial charge in [0.05, 0.1) is 0 Å². The summed E-state index contributed by atoms with van der Waals surface area (Å²) in [6.07, 6.45) is 2.42. The molecule has 0 saturated carbocycles. The van der Waals surface area contributed by atoms with E-state index >= 15 is 0 Å².